The van der Waals surface area contributed by atoms with Gasteiger partial charge in [0.05, 0.1) is 0 Å². The smallest absolute Gasteiger partial charge is 0.410 e. The molecule has 0 N–H and O–H groups in total. The fourth-order valence-corrected chi connectivity index (χ4v) is 1.85. The van der Waals surface area contributed by atoms with Crippen molar-refractivity contribution in [1.29, 1.82) is 0 Å². The third-order valence-electron chi connectivity index (χ3n) is 2.68. The third kappa shape index (κ3) is 3.98. The monoisotopic (exact) mass is 245 g/mol. The Kier molecular flexibility index (Phi) is 4.11. The zero-order valence-corrected chi connectivity index (χ0v) is 10.8. The molecule has 0 spiro atoms. The number of alkyl halides is 1. The molecule has 0 bridgehead atoms. The van der Waals surface area contributed by atoms with E-state index >= 15 is 0 Å². The van der Waals surface area contributed by atoms with Gasteiger partial charge in [-0.2, -0.15) is 0 Å². The minimum atomic E-state index is -1.47. The van der Waals surface area contributed by atoms with Crippen LogP contribution < -0.4 is 0 Å². The summed E-state index contributed by atoms with van der Waals surface area (Å²) in [6.07, 6.45) is -1.39. The minimum absolute atomic E-state index is 0.260. The lowest BCUT2D eigenvalue weighted by atomic mass is 10.0. The van der Waals surface area contributed by atoms with E-state index in [0.29, 0.717) is 13.0 Å². The zero-order valence-electron chi connectivity index (χ0n) is 10.8. The van der Waals surface area contributed by atoms with Gasteiger partial charge in [0, 0.05) is 19.0 Å². The van der Waals surface area contributed by atoms with E-state index in [1.54, 1.807) is 20.8 Å². The average Bonchev–Trinajstić information content (AvgIpc) is 2.62. The molecule has 0 radical (unpaired) electrons. The van der Waals surface area contributed by atoms with Crippen LogP contribution in [0.5, 0.6) is 0 Å². The first-order chi connectivity index (χ1) is 7.70. The Morgan fingerprint density at radius 1 is 1.41 bits per heavy atom. The molecule has 0 aromatic heterocycles. The van der Waals surface area contributed by atoms with E-state index in [2.05, 4.69) is 0 Å². The van der Waals surface area contributed by atoms with Crippen LogP contribution in [0.1, 0.15) is 34.1 Å². The Balaban J connectivity index is 2.50. The van der Waals surface area contributed by atoms with Gasteiger partial charge < -0.3 is 9.64 Å². The first-order valence-corrected chi connectivity index (χ1v) is 5.83. The molecule has 0 aromatic rings. The zero-order chi connectivity index (χ0) is 13.2. The summed E-state index contributed by atoms with van der Waals surface area (Å²) in [6, 6.07) is 0. The van der Waals surface area contributed by atoms with Gasteiger partial charge in [-0.25, -0.2) is 9.18 Å². The summed E-state index contributed by atoms with van der Waals surface area (Å²) >= 11 is 0. The van der Waals surface area contributed by atoms with E-state index < -0.39 is 23.6 Å². The van der Waals surface area contributed by atoms with Gasteiger partial charge in [-0.05, 0) is 34.1 Å². The first kappa shape index (κ1) is 13.9. The van der Waals surface area contributed by atoms with Crippen molar-refractivity contribution in [2.75, 3.05) is 13.1 Å². The fourth-order valence-electron chi connectivity index (χ4n) is 1.85. The minimum Gasteiger partial charge on any atom is -0.444 e. The maximum Gasteiger partial charge on any atom is 0.410 e. The molecule has 1 aliphatic rings. The normalized spacial score (nSPS) is 22.4. The second-order valence-electron chi connectivity index (χ2n) is 5.49. The molecule has 17 heavy (non-hydrogen) atoms. The van der Waals surface area contributed by atoms with Crippen LogP contribution in [0.15, 0.2) is 0 Å². The van der Waals surface area contributed by atoms with Crippen LogP contribution in [0.4, 0.5) is 9.18 Å². The van der Waals surface area contributed by atoms with Crippen LogP contribution in [0, 0.1) is 5.92 Å². The van der Waals surface area contributed by atoms with Gasteiger partial charge in [-0.1, -0.05) is 0 Å². The highest BCUT2D eigenvalue weighted by Gasteiger charge is 2.35. The number of rotatable bonds is 2. The molecule has 98 valence electrons. The number of nitrogens with zero attached hydrogens (tertiary/aromatic N) is 1. The molecular formula is C12H20FNO3. The van der Waals surface area contributed by atoms with Crippen molar-refractivity contribution >= 4 is 11.9 Å². The van der Waals surface area contributed by atoms with Gasteiger partial charge in [0.15, 0.2) is 12.0 Å². The molecule has 1 amide bonds. The van der Waals surface area contributed by atoms with Gasteiger partial charge in [-0.15, -0.1) is 0 Å². The summed E-state index contributed by atoms with van der Waals surface area (Å²) in [5.41, 5.74) is -0.551. The number of likely N-dealkylation sites (tertiary alicyclic amines) is 1. The molecular weight excluding hydrogens is 225 g/mol. The summed E-state index contributed by atoms with van der Waals surface area (Å²) in [5, 5.41) is 0. The van der Waals surface area contributed by atoms with E-state index in [1.165, 1.54) is 11.8 Å². The number of hydrogen-bond donors (Lipinski definition) is 0. The lowest BCUT2D eigenvalue weighted by Crippen LogP contribution is -2.36. The van der Waals surface area contributed by atoms with Gasteiger partial charge in [-0.3, -0.25) is 4.79 Å². The molecule has 0 aliphatic carbocycles. The summed E-state index contributed by atoms with van der Waals surface area (Å²) in [6.45, 7) is 7.30. The molecule has 2 atom stereocenters. The van der Waals surface area contributed by atoms with E-state index in [0.717, 1.165) is 0 Å². The number of ketones is 1. The Bertz CT molecular complexity index is 311. The Morgan fingerprint density at radius 2 is 2.00 bits per heavy atom. The summed E-state index contributed by atoms with van der Waals surface area (Å²) in [5.74, 6) is -0.860. The van der Waals surface area contributed by atoms with Crippen molar-refractivity contribution < 1.29 is 18.7 Å². The molecule has 1 aliphatic heterocycles. The van der Waals surface area contributed by atoms with Gasteiger partial charge in [0.2, 0.25) is 0 Å². The molecule has 2 unspecified atom stereocenters. The number of halogens is 1. The molecule has 1 saturated heterocycles. The van der Waals surface area contributed by atoms with Crippen molar-refractivity contribution in [1.82, 2.24) is 4.90 Å². The maximum absolute atomic E-state index is 13.5. The highest BCUT2D eigenvalue weighted by atomic mass is 19.1. The Morgan fingerprint density at radius 3 is 2.47 bits per heavy atom. The number of hydrogen-bond acceptors (Lipinski definition) is 3. The SMILES string of the molecule is CC(=O)C(F)C1CCN(C(=O)OC(C)(C)C)C1. The molecule has 0 saturated carbocycles. The van der Waals surface area contributed by atoms with Crippen LogP contribution in [-0.4, -0.2) is 41.6 Å². The van der Waals surface area contributed by atoms with Crippen LogP contribution in [0.3, 0.4) is 0 Å². The standard InChI is InChI=1S/C12H20FNO3/c1-8(15)10(13)9-5-6-14(7-9)11(16)17-12(2,3)4/h9-10H,5-7H2,1-4H3. The molecule has 5 heteroatoms. The van der Waals surface area contributed by atoms with Crippen LogP contribution in [0.25, 0.3) is 0 Å². The highest BCUT2D eigenvalue weighted by molar-refractivity contribution is 5.80. The molecule has 0 aromatic carbocycles. The maximum atomic E-state index is 13.5. The van der Waals surface area contributed by atoms with Crippen molar-refractivity contribution in [2.45, 2.75) is 45.9 Å². The Labute approximate surface area is 101 Å². The second-order valence-corrected chi connectivity index (χ2v) is 5.49. The van der Waals surface area contributed by atoms with E-state index in [1.807, 2.05) is 0 Å². The Hall–Kier alpha value is -1.13. The topological polar surface area (TPSA) is 46.6 Å². The van der Waals surface area contributed by atoms with Gasteiger partial charge in [0.1, 0.15) is 5.60 Å². The van der Waals surface area contributed by atoms with Crippen LogP contribution in [0.2, 0.25) is 0 Å². The predicted molar refractivity (Wildman–Crippen MR) is 61.5 cm³/mol. The number of amides is 1. The number of carbonyl (C=O) groups is 2. The molecule has 4 nitrogen and oxygen atoms in total. The van der Waals surface area contributed by atoms with Crippen LogP contribution >= 0.6 is 0 Å². The molecule has 1 fully saturated rings. The lowest BCUT2D eigenvalue weighted by Gasteiger charge is -2.24. The van der Waals surface area contributed by atoms with Crippen molar-refractivity contribution in [3.05, 3.63) is 0 Å². The van der Waals surface area contributed by atoms with Crippen molar-refractivity contribution in [3.8, 4) is 0 Å². The summed E-state index contributed by atoms with van der Waals surface area (Å²) in [4.78, 5) is 24.1. The van der Waals surface area contributed by atoms with E-state index in [9.17, 15) is 14.0 Å². The first-order valence-electron chi connectivity index (χ1n) is 5.83. The molecule has 1 rings (SSSR count). The van der Waals surface area contributed by atoms with Crippen LogP contribution in [-0.2, 0) is 9.53 Å². The number of ether oxygens (including phenoxy) is 1. The predicted octanol–water partition coefficient (Wildman–Crippen LogP) is 2.17. The van der Waals surface area contributed by atoms with Crippen molar-refractivity contribution in [2.24, 2.45) is 5.92 Å². The van der Waals surface area contributed by atoms with Gasteiger partial charge in [0.25, 0.3) is 0 Å². The highest BCUT2D eigenvalue weighted by Crippen LogP contribution is 2.24. The number of Topliss-reactive ketones (excluding diaryl/α,β-unsaturated/α-hetero) is 1. The van der Waals surface area contributed by atoms with E-state index in [-0.39, 0.29) is 12.5 Å². The quantitative estimate of drug-likeness (QED) is 0.749. The molecule has 1 heterocycles. The lowest BCUT2D eigenvalue weighted by molar-refractivity contribution is -0.123. The average molecular weight is 245 g/mol. The third-order valence-corrected chi connectivity index (χ3v) is 2.68. The summed E-state index contributed by atoms with van der Waals surface area (Å²) in [7, 11) is 0. The second kappa shape index (κ2) is 5.02. The van der Waals surface area contributed by atoms with Gasteiger partial charge >= 0.3 is 6.09 Å². The number of carbonyl (C=O) groups excluding carboxylic acids is 2. The van der Waals surface area contributed by atoms with Crippen molar-refractivity contribution in [3.63, 3.8) is 0 Å². The van der Waals surface area contributed by atoms with E-state index in [4.69, 9.17) is 4.74 Å². The largest absolute Gasteiger partial charge is 0.444 e. The fraction of sp³-hybridized carbons (Fsp3) is 0.833. The summed E-state index contributed by atoms with van der Waals surface area (Å²) < 4.78 is 18.7.